The highest BCUT2D eigenvalue weighted by atomic mass is 32.1. The maximum atomic E-state index is 9.92. The van der Waals surface area contributed by atoms with Crippen LogP contribution in [-0.2, 0) is 0 Å². The van der Waals surface area contributed by atoms with Gasteiger partial charge in [0.25, 0.3) is 0 Å². The van der Waals surface area contributed by atoms with Crippen LogP contribution in [0.25, 0.3) is 22.2 Å². The van der Waals surface area contributed by atoms with Crippen LogP contribution in [-0.4, -0.2) is 34.1 Å². The summed E-state index contributed by atoms with van der Waals surface area (Å²) >= 11 is 1.52. The molecule has 0 saturated heterocycles. The van der Waals surface area contributed by atoms with Crippen LogP contribution in [0.15, 0.2) is 40.8 Å². The topological polar surface area (TPSA) is 82.4 Å². The van der Waals surface area contributed by atoms with Gasteiger partial charge < -0.3 is 15.7 Å². The Hall–Kier alpha value is -2.67. The number of hydrogen-bond acceptors (Lipinski definition) is 7. The van der Waals surface area contributed by atoms with Crippen LogP contribution in [0.1, 0.15) is 0 Å². The van der Waals surface area contributed by atoms with E-state index in [1.165, 1.54) is 11.3 Å². The Morgan fingerprint density at radius 1 is 1.27 bits per heavy atom. The van der Waals surface area contributed by atoms with Gasteiger partial charge in [-0.3, -0.25) is 9.98 Å². The van der Waals surface area contributed by atoms with E-state index >= 15 is 0 Å². The summed E-state index contributed by atoms with van der Waals surface area (Å²) in [5, 5.41) is 19.9. The molecule has 1 aliphatic heterocycles. The summed E-state index contributed by atoms with van der Waals surface area (Å²) in [6.45, 7) is 1.64. The lowest BCUT2D eigenvalue weighted by atomic mass is 10.1. The number of phenolic OH excluding ortho intramolecular Hbond substituents is 1. The van der Waals surface area contributed by atoms with Gasteiger partial charge in [0.05, 0.1) is 12.2 Å². The molecule has 0 aliphatic carbocycles. The number of phenols is 1. The molecular formula is C15H13N5OS. The minimum atomic E-state index is 0.178. The van der Waals surface area contributed by atoms with E-state index in [4.69, 9.17) is 0 Å². The Balaban J connectivity index is 1.73. The molecule has 0 saturated carbocycles. The smallest absolute Gasteiger partial charge is 0.197 e. The first-order valence-corrected chi connectivity index (χ1v) is 7.77. The van der Waals surface area contributed by atoms with E-state index < -0.39 is 0 Å². The van der Waals surface area contributed by atoms with Crippen molar-refractivity contribution in [1.82, 2.24) is 15.3 Å². The number of aromatic hydroxyl groups is 1. The van der Waals surface area contributed by atoms with Crippen molar-refractivity contribution in [3.05, 3.63) is 35.8 Å². The summed E-state index contributed by atoms with van der Waals surface area (Å²) in [4.78, 5) is 13.1. The molecule has 1 aliphatic rings. The molecule has 0 amide bonds. The van der Waals surface area contributed by atoms with Crippen LogP contribution in [0.5, 0.6) is 5.75 Å². The molecule has 0 unspecified atom stereocenters. The lowest BCUT2D eigenvalue weighted by Gasteiger charge is -2.05. The van der Waals surface area contributed by atoms with Gasteiger partial charge in [-0.1, -0.05) is 6.07 Å². The third-order valence-electron chi connectivity index (χ3n) is 3.43. The van der Waals surface area contributed by atoms with Crippen molar-refractivity contribution in [1.29, 1.82) is 0 Å². The van der Waals surface area contributed by atoms with Crippen molar-refractivity contribution in [3.63, 3.8) is 0 Å². The maximum Gasteiger partial charge on any atom is 0.197 e. The molecule has 3 N–H and O–H groups in total. The van der Waals surface area contributed by atoms with Crippen molar-refractivity contribution in [2.45, 2.75) is 0 Å². The summed E-state index contributed by atoms with van der Waals surface area (Å²) in [5.74, 6) is 0.940. The quantitative estimate of drug-likeness (QED) is 0.677. The van der Waals surface area contributed by atoms with Crippen LogP contribution in [0, 0.1) is 0 Å². The molecule has 3 aromatic rings. The highest BCUT2D eigenvalue weighted by Crippen LogP contribution is 2.33. The Morgan fingerprint density at radius 2 is 2.23 bits per heavy atom. The van der Waals surface area contributed by atoms with E-state index in [-0.39, 0.29) is 5.75 Å². The molecule has 0 bridgehead atoms. The predicted octanol–water partition coefficient (Wildman–Crippen LogP) is 2.44. The minimum Gasteiger partial charge on any atom is -0.506 e. The highest BCUT2D eigenvalue weighted by Gasteiger charge is 2.12. The SMILES string of the molecule is Oc1ccc(-c2csc(NC3=NCCN3)n2)c2cccnc12. The first-order chi connectivity index (χ1) is 10.8. The number of aliphatic imine (C=N–C) groups is 1. The van der Waals surface area contributed by atoms with E-state index in [1.54, 1.807) is 12.3 Å². The Bertz CT molecular complexity index is 873. The molecule has 0 fully saturated rings. The molecule has 1 aromatic carbocycles. The average molecular weight is 311 g/mol. The summed E-state index contributed by atoms with van der Waals surface area (Å²) in [5.41, 5.74) is 2.39. The van der Waals surface area contributed by atoms with Gasteiger partial charge in [0.2, 0.25) is 0 Å². The van der Waals surface area contributed by atoms with E-state index in [2.05, 4.69) is 25.6 Å². The van der Waals surface area contributed by atoms with Crippen LogP contribution >= 0.6 is 11.3 Å². The monoisotopic (exact) mass is 311 g/mol. The van der Waals surface area contributed by atoms with Crippen molar-refractivity contribution < 1.29 is 5.11 Å². The van der Waals surface area contributed by atoms with Gasteiger partial charge in [0, 0.05) is 29.1 Å². The van der Waals surface area contributed by atoms with E-state index in [9.17, 15) is 5.11 Å². The molecule has 7 heteroatoms. The zero-order valence-electron chi connectivity index (χ0n) is 11.6. The number of guanidine groups is 1. The number of rotatable bonds is 2. The largest absolute Gasteiger partial charge is 0.506 e. The van der Waals surface area contributed by atoms with Crippen molar-refractivity contribution in [3.8, 4) is 17.0 Å². The summed E-state index contributed by atoms with van der Waals surface area (Å²) in [6, 6.07) is 7.31. The van der Waals surface area contributed by atoms with Crippen molar-refractivity contribution >= 4 is 33.3 Å². The Kier molecular flexibility index (Phi) is 3.12. The average Bonchev–Trinajstić information content (AvgIpc) is 3.21. The van der Waals surface area contributed by atoms with Gasteiger partial charge in [0.15, 0.2) is 11.1 Å². The predicted molar refractivity (Wildman–Crippen MR) is 88.4 cm³/mol. The van der Waals surface area contributed by atoms with Gasteiger partial charge in [-0.15, -0.1) is 11.3 Å². The summed E-state index contributed by atoms with van der Waals surface area (Å²) in [7, 11) is 0. The lowest BCUT2D eigenvalue weighted by Crippen LogP contribution is -2.26. The van der Waals surface area contributed by atoms with Crippen molar-refractivity contribution in [2.24, 2.45) is 4.99 Å². The van der Waals surface area contributed by atoms with Gasteiger partial charge >= 0.3 is 0 Å². The number of aromatic nitrogens is 2. The molecule has 6 nitrogen and oxygen atoms in total. The van der Waals surface area contributed by atoms with Gasteiger partial charge in [0.1, 0.15) is 11.3 Å². The fourth-order valence-electron chi connectivity index (χ4n) is 2.42. The fourth-order valence-corrected chi connectivity index (χ4v) is 3.13. The van der Waals surface area contributed by atoms with E-state index in [0.717, 1.165) is 40.8 Å². The van der Waals surface area contributed by atoms with Gasteiger partial charge in [-0.2, -0.15) is 0 Å². The summed E-state index contributed by atoms with van der Waals surface area (Å²) in [6.07, 6.45) is 1.67. The second-order valence-corrected chi connectivity index (χ2v) is 5.71. The second-order valence-electron chi connectivity index (χ2n) is 4.85. The van der Waals surface area contributed by atoms with Crippen LogP contribution in [0.3, 0.4) is 0 Å². The molecular weight excluding hydrogens is 298 g/mol. The van der Waals surface area contributed by atoms with Gasteiger partial charge in [-0.05, 0) is 18.2 Å². The zero-order valence-corrected chi connectivity index (χ0v) is 12.4. The number of pyridine rings is 1. The number of benzene rings is 1. The molecule has 0 spiro atoms. The van der Waals surface area contributed by atoms with Crippen LogP contribution in [0.4, 0.5) is 5.13 Å². The molecule has 0 radical (unpaired) electrons. The van der Waals surface area contributed by atoms with Crippen molar-refractivity contribution in [2.75, 3.05) is 18.4 Å². The first-order valence-electron chi connectivity index (χ1n) is 6.89. The fraction of sp³-hybridized carbons (Fsp3) is 0.133. The maximum absolute atomic E-state index is 9.92. The van der Waals surface area contributed by atoms with Crippen LogP contribution < -0.4 is 10.6 Å². The molecule has 22 heavy (non-hydrogen) atoms. The first kappa shape index (κ1) is 13.0. The Labute approximate surface area is 130 Å². The number of thiazole rings is 1. The third kappa shape index (κ3) is 2.25. The second kappa shape index (κ2) is 5.27. The molecule has 110 valence electrons. The van der Waals surface area contributed by atoms with E-state index in [0.29, 0.717) is 5.52 Å². The zero-order chi connectivity index (χ0) is 14.9. The number of nitrogens with one attached hydrogen (secondary N) is 2. The molecule has 4 rings (SSSR count). The van der Waals surface area contributed by atoms with Crippen LogP contribution in [0.2, 0.25) is 0 Å². The number of hydrogen-bond donors (Lipinski definition) is 3. The van der Waals surface area contributed by atoms with E-state index in [1.807, 2.05) is 23.6 Å². The minimum absolute atomic E-state index is 0.178. The number of nitrogens with zero attached hydrogens (tertiary/aromatic N) is 3. The molecule has 3 heterocycles. The standard InChI is InChI=1S/C15H13N5OS/c21-12-4-3-9(10-2-1-5-16-13(10)12)11-8-22-15(19-11)20-14-17-6-7-18-14/h1-5,8,21H,6-7H2,(H2,17,18,19,20). The Morgan fingerprint density at radius 3 is 3.09 bits per heavy atom. The number of anilines is 1. The highest BCUT2D eigenvalue weighted by molar-refractivity contribution is 7.14. The lowest BCUT2D eigenvalue weighted by molar-refractivity contribution is 0.480. The van der Waals surface area contributed by atoms with Gasteiger partial charge in [-0.25, -0.2) is 4.98 Å². The molecule has 0 atom stereocenters. The summed E-state index contributed by atoms with van der Waals surface area (Å²) < 4.78 is 0. The normalized spacial score (nSPS) is 13.9. The molecule has 2 aromatic heterocycles. The third-order valence-corrected chi connectivity index (χ3v) is 4.19. The number of fused-ring (bicyclic) bond motifs is 1.